The summed E-state index contributed by atoms with van der Waals surface area (Å²) >= 11 is 0. The highest BCUT2D eigenvalue weighted by atomic mass is 16.5. The summed E-state index contributed by atoms with van der Waals surface area (Å²) in [5.41, 5.74) is 0.801. The molecule has 0 heterocycles. The van der Waals surface area contributed by atoms with Gasteiger partial charge in [0.1, 0.15) is 12.6 Å². The molecule has 2 N–H and O–H groups in total. The van der Waals surface area contributed by atoms with Crippen LogP contribution in [0.3, 0.4) is 0 Å². The second-order valence-electron chi connectivity index (χ2n) is 4.60. The summed E-state index contributed by atoms with van der Waals surface area (Å²) in [5.74, 6) is -1.69. The van der Waals surface area contributed by atoms with E-state index in [2.05, 4.69) is 10.1 Å². The Balaban J connectivity index is 2.39. The summed E-state index contributed by atoms with van der Waals surface area (Å²) in [6.07, 6.45) is 2.30. The van der Waals surface area contributed by atoms with Crippen LogP contribution in [-0.2, 0) is 25.7 Å². The summed E-state index contributed by atoms with van der Waals surface area (Å²) in [7, 11) is 1.25. The van der Waals surface area contributed by atoms with Gasteiger partial charge in [0, 0.05) is 6.08 Å². The predicted molar refractivity (Wildman–Crippen MR) is 81.6 cm³/mol. The molecule has 0 saturated heterocycles. The van der Waals surface area contributed by atoms with Gasteiger partial charge in [0.15, 0.2) is 0 Å². The zero-order valence-electron chi connectivity index (χ0n) is 12.7. The molecule has 0 aromatic heterocycles. The average Bonchev–Trinajstić information content (AvgIpc) is 2.56. The molecule has 7 nitrogen and oxygen atoms in total. The van der Waals surface area contributed by atoms with Crippen LogP contribution in [0.2, 0.25) is 0 Å². The molecule has 0 unspecified atom stereocenters. The van der Waals surface area contributed by atoms with Gasteiger partial charge in [-0.15, -0.1) is 0 Å². The predicted octanol–water partition coefficient (Wildman–Crippen LogP) is 1.88. The first-order valence-corrected chi connectivity index (χ1v) is 6.97. The SMILES string of the molecule is COC(=O)/C=C/CC[C@H](NC(=O)OCc1ccccc1)C(=O)O. The molecule has 0 aliphatic heterocycles. The number of carboxylic acids is 1. The first-order valence-electron chi connectivity index (χ1n) is 6.97. The number of benzene rings is 1. The molecule has 1 rings (SSSR count). The Hall–Kier alpha value is -2.83. The Kier molecular flexibility index (Phi) is 7.91. The van der Waals surface area contributed by atoms with Crippen LogP contribution >= 0.6 is 0 Å². The van der Waals surface area contributed by atoms with Crippen LogP contribution in [0, 0.1) is 0 Å². The lowest BCUT2D eigenvalue weighted by Gasteiger charge is -2.13. The van der Waals surface area contributed by atoms with E-state index in [0.29, 0.717) is 6.42 Å². The molecule has 1 atom stereocenters. The summed E-state index contributed by atoms with van der Waals surface area (Å²) in [5, 5.41) is 11.4. The number of alkyl carbamates (subject to hydrolysis) is 1. The Morgan fingerprint density at radius 2 is 1.96 bits per heavy atom. The number of aliphatic carboxylic acids is 1. The van der Waals surface area contributed by atoms with Gasteiger partial charge in [-0.25, -0.2) is 14.4 Å². The number of carbonyl (C=O) groups excluding carboxylic acids is 2. The van der Waals surface area contributed by atoms with Crippen molar-refractivity contribution < 1.29 is 29.0 Å². The second-order valence-corrected chi connectivity index (χ2v) is 4.60. The Bertz CT molecular complexity index is 555. The number of rotatable bonds is 8. The number of allylic oxidation sites excluding steroid dienone is 1. The van der Waals surface area contributed by atoms with E-state index in [1.807, 2.05) is 18.2 Å². The first kappa shape index (κ1) is 18.2. The molecule has 0 radical (unpaired) electrons. The fourth-order valence-corrected chi connectivity index (χ4v) is 1.67. The van der Waals surface area contributed by atoms with Gasteiger partial charge in [-0.2, -0.15) is 0 Å². The molecule has 0 aliphatic rings. The Morgan fingerprint density at radius 1 is 1.26 bits per heavy atom. The number of hydrogen-bond donors (Lipinski definition) is 2. The topological polar surface area (TPSA) is 102 Å². The third kappa shape index (κ3) is 7.66. The van der Waals surface area contributed by atoms with E-state index in [-0.39, 0.29) is 13.0 Å². The molecule has 0 spiro atoms. The molecular formula is C16H19NO6. The third-order valence-corrected chi connectivity index (χ3v) is 2.88. The zero-order chi connectivity index (χ0) is 17.1. The van der Waals surface area contributed by atoms with Crippen molar-refractivity contribution in [2.45, 2.75) is 25.5 Å². The number of methoxy groups -OCH3 is 1. The van der Waals surface area contributed by atoms with E-state index in [1.54, 1.807) is 12.1 Å². The fraction of sp³-hybridized carbons (Fsp3) is 0.312. The number of hydrogen-bond acceptors (Lipinski definition) is 5. The minimum Gasteiger partial charge on any atom is -0.480 e. The first-order chi connectivity index (χ1) is 11.0. The molecule has 0 fully saturated rings. The van der Waals surface area contributed by atoms with E-state index < -0.39 is 24.1 Å². The third-order valence-electron chi connectivity index (χ3n) is 2.88. The van der Waals surface area contributed by atoms with Crippen molar-refractivity contribution in [3.63, 3.8) is 0 Å². The number of nitrogens with one attached hydrogen (secondary N) is 1. The van der Waals surface area contributed by atoms with Crippen LogP contribution in [0.5, 0.6) is 0 Å². The highest BCUT2D eigenvalue weighted by molar-refractivity contribution is 5.82. The summed E-state index contributed by atoms with van der Waals surface area (Å²) in [6, 6.07) is 7.94. The van der Waals surface area contributed by atoms with Crippen LogP contribution in [0.25, 0.3) is 0 Å². The lowest BCUT2D eigenvalue weighted by atomic mass is 10.1. The Morgan fingerprint density at radius 3 is 2.57 bits per heavy atom. The average molecular weight is 321 g/mol. The van der Waals surface area contributed by atoms with Crippen molar-refractivity contribution in [2.24, 2.45) is 0 Å². The summed E-state index contributed by atoms with van der Waals surface area (Å²) < 4.78 is 9.38. The van der Waals surface area contributed by atoms with E-state index in [1.165, 1.54) is 19.3 Å². The van der Waals surface area contributed by atoms with E-state index in [4.69, 9.17) is 9.84 Å². The molecule has 0 saturated carbocycles. The van der Waals surface area contributed by atoms with Crippen molar-refractivity contribution >= 4 is 18.0 Å². The molecule has 0 aliphatic carbocycles. The summed E-state index contributed by atoms with van der Waals surface area (Å²) in [6.45, 7) is 0.0568. The van der Waals surface area contributed by atoms with E-state index >= 15 is 0 Å². The van der Waals surface area contributed by atoms with Crippen molar-refractivity contribution in [1.82, 2.24) is 5.32 Å². The van der Waals surface area contributed by atoms with Gasteiger partial charge in [0.25, 0.3) is 0 Å². The molecule has 1 aromatic rings. The quantitative estimate of drug-likeness (QED) is 0.560. The highest BCUT2D eigenvalue weighted by Gasteiger charge is 2.19. The van der Waals surface area contributed by atoms with Crippen LogP contribution < -0.4 is 5.32 Å². The Labute approximate surface area is 133 Å². The van der Waals surface area contributed by atoms with Crippen molar-refractivity contribution in [3.8, 4) is 0 Å². The maximum absolute atomic E-state index is 11.6. The van der Waals surface area contributed by atoms with Crippen molar-refractivity contribution in [3.05, 3.63) is 48.0 Å². The normalized spacial score (nSPS) is 11.7. The number of ether oxygens (including phenoxy) is 2. The molecule has 1 aromatic carbocycles. The fourth-order valence-electron chi connectivity index (χ4n) is 1.67. The zero-order valence-corrected chi connectivity index (χ0v) is 12.7. The summed E-state index contributed by atoms with van der Waals surface area (Å²) in [4.78, 5) is 33.6. The van der Waals surface area contributed by atoms with Crippen LogP contribution in [0.15, 0.2) is 42.5 Å². The lowest BCUT2D eigenvalue weighted by Crippen LogP contribution is -2.40. The number of amides is 1. The van der Waals surface area contributed by atoms with Gasteiger partial charge in [0.2, 0.25) is 0 Å². The maximum atomic E-state index is 11.6. The van der Waals surface area contributed by atoms with Gasteiger partial charge in [0.05, 0.1) is 7.11 Å². The monoisotopic (exact) mass is 321 g/mol. The smallest absolute Gasteiger partial charge is 0.408 e. The van der Waals surface area contributed by atoms with Gasteiger partial charge in [-0.3, -0.25) is 0 Å². The van der Waals surface area contributed by atoms with Crippen LogP contribution in [0.1, 0.15) is 18.4 Å². The molecule has 0 bridgehead atoms. The van der Waals surface area contributed by atoms with Crippen molar-refractivity contribution in [2.75, 3.05) is 7.11 Å². The largest absolute Gasteiger partial charge is 0.480 e. The molecule has 23 heavy (non-hydrogen) atoms. The van der Waals surface area contributed by atoms with Crippen LogP contribution in [0.4, 0.5) is 4.79 Å². The van der Waals surface area contributed by atoms with Gasteiger partial charge in [-0.05, 0) is 18.4 Å². The van der Waals surface area contributed by atoms with E-state index in [9.17, 15) is 14.4 Å². The van der Waals surface area contributed by atoms with Crippen molar-refractivity contribution in [1.29, 1.82) is 0 Å². The number of esters is 1. The second kappa shape index (κ2) is 9.99. The van der Waals surface area contributed by atoms with Crippen LogP contribution in [-0.4, -0.2) is 36.3 Å². The standard InChI is InChI=1S/C16H19NO6/c1-22-14(18)10-6-5-9-13(15(19)20)17-16(21)23-11-12-7-3-2-4-8-12/h2-4,6-8,10,13H,5,9,11H2,1H3,(H,17,21)(H,19,20)/b10-6+/t13-/m0/s1. The number of carboxylic acid groups (broad SMARTS) is 1. The minimum atomic E-state index is -1.17. The molecule has 124 valence electrons. The maximum Gasteiger partial charge on any atom is 0.408 e. The molecule has 1 amide bonds. The van der Waals surface area contributed by atoms with Gasteiger partial charge < -0.3 is 19.9 Å². The minimum absolute atomic E-state index is 0.0568. The van der Waals surface area contributed by atoms with Gasteiger partial charge >= 0.3 is 18.0 Å². The van der Waals surface area contributed by atoms with E-state index in [0.717, 1.165) is 5.56 Å². The molecular weight excluding hydrogens is 302 g/mol. The molecule has 7 heteroatoms. The van der Waals surface area contributed by atoms with Gasteiger partial charge in [-0.1, -0.05) is 36.4 Å². The highest BCUT2D eigenvalue weighted by Crippen LogP contribution is 2.03. The lowest BCUT2D eigenvalue weighted by molar-refractivity contribution is -0.139. The number of carbonyl (C=O) groups is 3.